The summed E-state index contributed by atoms with van der Waals surface area (Å²) in [5.41, 5.74) is 0.954. The first kappa shape index (κ1) is 19.4. The first-order valence-corrected chi connectivity index (χ1v) is 8.53. The summed E-state index contributed by atoms with van der Waals surface area (Å²) in [6, 6.07) is 12.3. The first-order chi connectivity index (χ1) is 12.5. The van der Waals surface area contributed by atoms with Crippen molar-refractivity contribution in [2.24, 2.45) is 0 Å². The van der Waals surface area contributed by atoms with E-state index in [-0.39, 0.29) is 24.2 Å². The number of nitrogens with zero attached hydrogens (tertiary/aromatic N) is 1. The van der Waals surface area contributed by atoms with Crippen LogP contribution in [-0.2, 0) is 4.79 Å². The van der Waals surface area contributed by atoms with E-state index in [0.717, 1.165) is 12.8 Å². The monoisotopic (exact) mass is 358 g/mol. The Balaban J connectivity index is 1.87. The van der Waals surface area contributed by atoms with E-state index in [1.807, 2.05) is 0 Å². The topological polar surface area (TPSA) is 58.6 Å². The van der Waals surface area contributed by atoms with Crippen molar-refractivity contribution in [3.8, 4) is 5.75 Å². The highest BCUT2D eigenvalue weighted by Gasteiger charge is 2.15. The van der Waals surface area contributed by atoms with Crippen LogP contribution in [0.15, 0.2) is 48.5 Å². The predicted octanol–water partition coefficient (Wildman–Crippen LogP) is 3.72. The van der Waals surface area contributed by atoms with E-state index in [9.17, 15) is 14.0 Å². The summed E-state index contributed by atoms with van der Waals surface area (Å²) in [4.78, 5) is 25.8. The minimum atomic E-state index is -0.377. The lowest BCUT2D eigenvalue weighted by atomic mass is 10.2. The van der Waals surface area contributed by atoms with Gasteiger partial charge >= 0.3 is 0 Å². The van der Waals surface area contributed by atoms with Crippen molar-refractivity contribution in [2.75, 3.05) is 25.5 Å². The molecule has 2 aromatic carbocycles. The van der Waals surface area contributed by atoms with Gasteiger partial charge in [-0.25, -0.2) is 4.39 Å². The molecule has 26 heavy (non-hydrogen) atoms. The number of anilines is 1. The minimum absolute atomic E-state index is 0.106. The molecule has 138 valence electrons. The zero-order valence-electron chi connectivity index (χ0n) is 15.0. The number of rotatable bonds is 8. The van der Waals surface area contributed by atoms with Crippen LogP contribution in [0.25, 0.3) is 0 Å². The summed E-state index contributed by atoms with van der Waals surface area (Å²) in [5.74, 6) is -0.282. The van der Waals surface area contributed by atoms with Gasteiger partial charge in [0.1, 0.15) is 11.6 Å². The molecular weight excluding hydrogens is 335 g/mol. The van der Waals surface area contributed by atoms with Crippen LogP contribution in [0.5, 0.6) is 5.75 Å². The zero-order valence-corrected chi connectivity index (χ0v) is 15.0. The molecule has 0 fully saturated rings. The van der Waals surface area contributed by atoms with Crippen molar-refractivity contribution < 1.29 is 18.7 Å². The summed E-state index contributed by atoms with van der Waals surface area (Å²) >= 11 is 0. The lowest BCUT2D eigenvalue weighted by Gasteiger charge is -2.17. The van der Waals surface area contributed by atoms with Crippen molar-refractivity contribution in [1.29, 1.82) is 0 Å². The van der Waals surface area contributed by atoms with Crippen LogP contribution in [0.4, 0.5) is 10.1 Å². The molecule has 0 bridgehead atoms. The predicted molar refractivity (Wildman–Crippen MR) is 98.8 cm³/mol. The number of ether oxygens (including phenoxy) is 1. The van der Waals surface area contributed by atoms with Gasteiger partial charge in [0.25, 0.3) is 5.91 Å². The molecule has 0 aliphatic heterocycles. The van der Waals surface area contributed by atoms with Gasteiger partial charge in [-0.3, -0.25) is 9.59 Å². The maximum atomic E-state index is 12.9. The number of carbonyl (C=O) groups excluding carboxylic acids is 2. The number of nitrogens with one attached hydrogen (secondary N) is 1. The van der Waals surface area contributed by atoms with Gasteiger partial charge in [0.2, 0.25) is 5.91 Å². The van der Waals surface area contributed by atoms with Gasteiger partial charge in [-0.05, 0) is 55.0 Å². The Morgan fingerprint density at radius 1 is 1.08 bits per heavy atom. The maximum Gasteiger partial charge on any atom is 0.254 e. The van der Waals surface area contributed by atoms with Crippen LogP contribution in [0.2, 0.25) is 0 Å². The van der Waals surface area contributed by atoms with Gasteiger partial charge < -0.3 is 15.0 Å². The highest BCUT2D eigenvalue weighted by atomic mass is 19.1. The molecule has 0 atom stereocenters. The minimum Gasteiger partial charge on any atom is -0.494 e. The lowest BCUT2D eigenvalue weighted by Crippen LogP contribution is -2.34. The molecule has 0 saturated heterocycles. The summed E-state index contributed by atoms with van der Waals surface area (Å²) in [6.45, 7) is 2.63. The summed E-state index contributed by atoms with van der Waals surface area (Å²) in [5, 5.41) is 2.62. The number of carbonyl (C=O) groups is 2. The molecule has 2 aromatic rings. The van der Waals surface area contributed by atoms with E-state index in [0.29, 0.717) is 23.6 Å². The largest absolute Gasteiger partial charge is 0.494 e. The molecule has 5 nitrogen and oxygen atoms in total. The Morgan fingerprint density at radius 2 is 1.73 bits per heavy atom. The smallest absolute Gasteiger partial charge is 0.254 e. The first-order valence-electron chi connectivity index (χ1n) is 8.53. The Kier molecular flexibility index (Phi) is 7.14. The van der Waals surface area contributed by atoms with E-state index in [4.69, 9.17) is 4.74 Å². The van der Waals surface area contributed by atoms with Gasteiger partial charge in [0.15, 0.2) is 0 Å². The molecule has 0 aliphatic carbocycles. The molecule has 0 heterocycles. The van der Waals surface area contributed by atoms with Crippen molar-refractivity contribution in [2.45, 2.75) is 19.8 Å². The number of hydrogen-bond acceptors (Lipinski definition) is 3. The number of benzene rings is 2. The van der Waals surface area contributed by atoms with Crippen molar-refractivity contribution in [3.63, 3.8) is 0 Å². The molecule has 0 unspecified atom stereocenters. The van der Waals surface area contributed by atoms with Crippen LogP contribution in [-0.4, -0.2) is 36.9 Å². The van der Waals surface area contributed by atoms with Gasteiger partial charge in [-0.1, -0.05) is 13.3 Å². The van der Waals surface area contributed by atoms with Crippen LogP contribution in [0.1, 0.15) is 30.1 Å². The van der Waals surface area contributed by atoms with Gasteiger partial charge in [-0.15, -0.1) is 0 Å². The Labute approximate surface area is 152 Å². The summed E-state index contributed by atoms with van der Waals surface area (Å²) < 4.78 is 18.4. The average Bonchev–Trinajstić information content (AvgIpc) is 2.64. The molecule has 0 aromatic heterocycles. The van der Waals surface area contributed by atoms with Gasteiger partial charge in [0, 0.05) is 18.3 Å². The second-order valence-corrected chi connectivity index (χ2v) is 5.94. The Bertz CT molecular complexity index is 730. The zero-order chi connectivity index (χ0) is 18.9. The fraction of sp³-hybridized carbons (Fsp3) is 0.300. The molecule has 0 spiro atoms. The summed E-state index contributed by atoms with van der Waals surface area (Å²) in [6.07, 6.45) is 2.04. The second kappa shape index (κ2) is 9.56. The standard InChI is InChI=1S/C20H23FN2O3/c1-3-4-13-26-18-11-5-15(6-12-18)20(25)23(2)14-19(24)22-17-9-7-16(21)8-10-17/h5-12H,3-4,13-14H2,1-2H3,(H,22,24). The SMILES string of the molecule is CCCCOc1ccc(C(=O)N(C)CC(=O)Nc2ccc(F)cc2)cc1. The lowest BCUT2D eigenvalue weighted by molar-refractivity contribution is -0.116. The third kappa shape index (κ3) is 5.88. The van der Waals surface area contributed by atoms with Crippen LogP contribution in [0.3, 0.4) is 0 Å². The third-order valence-corrected chi connectivity index (χ3v) is 3.72. The van der Waals surface area contributed by atoms with E-state index >= 15 is 0 Å². The normalized spacial score (nSPS) is 10.3. The molecule has 0 radical (unpaired) electrons. The number of halogens is 1. The molecule has 2 rings (SSSR count). The van der Waals surface area contributed by atoms with Crippen molar-refractivity contribution >= 4 is 17.5 Å². The van der Waals surface area contributed by atoms with Crippen LogP contribution >= 0.6 is 0 Å². The highest BCUT2D eigenvalue weighted by molar-refractivity contribution is 5.99. The molecule has 6 heteroatoms. The van der Waals surface area contributed by atoms with Crippen LogP contribution in [0, 0.1) is 5.82 Å². The van der Waals surface area contributed by atoms with E-state index in [1.54, 1.807) is 31.3 Å². The fourth-order valence-electron chi connectivity index (χ4n) is 2.27. The van der Waals surface area contributed by atoms with Crippen molar-refractivity contribution in [3.05, 3.63) is 59.9 Å². The molecule has 0 saturated carbocycles. The number of hydrogen-bond donors (Lipinski definition) is 1. The number of unbranched alkanes of at least 4 members (excludes halogenated alkanes) is 1. The van der Waals surface area contributed by atoms with Gasteiger partial charge in [-0.2, -0.15) is 0 Å². The number of amides is 2. The van der Waals surface area contributed by atoms with E-state index in [2.05, 4.69) is 12.2 Å². The van der Waals surface area contributed by atoms with Crippen LogP contribution < -0.4 is 10.1 Å². The third-order valence-electron chi connectivity index (χ3n) is 3.72. The van der Waals surface area contributed by atoms with Gasteiger partial charge in [0.05, 0.1) is 13.2 Å². The van der Waals surface area contributed by atoms with E-state index < -0.39 is 0 Å². The van der Waals surface area contributed by atoms with Crippen molar-refractivity contribution in [1.82, 2.24) is 4.90 Å². The quantitative estimate of drug-likeness (QED) is 0.732. The fourth-order valence-corrected chi connectivity index (χ4v) is 2.27. The Morgan fingerprint density at radius 3 is 2.35 bits per heavy atom. The highest BCUT2D eigenvalue weighted by Crippen LogP contribution is 2.14. The number of likely N-dealkylation sites (N-methyl/N-ethyl adjacent to an activating group) is 1. The molecule has 2 amide bonds. The van der Waals surface area contributed by atoms with E-state index in [1.165, 1.54) is 29.2 Å². The second-order valence-electron chi connectivity index (χ2n) is 5.94. The molecular formula is C20H23FN2O3. The molecule has 1 N–H and O–H groups in total. The summed E-state index contributed by atoms with van der Waals surface area (Å²) in [7, 11) is 1.55. The Hall–Kier alpha value is -2.89. The molecule has 0 aliphatic rings. The maximum absolute atomic E-state index is 12.9. The average molecular weight is 358 g/mol.